The molecule has 0 aliphatic rings. The lowest BCUT2D eigenvalue weighted by Gasteiger charge is -2.09. The minimum absolute atomic E-state index is 0.0763. The van der Waals surface area contributed by atoms with Gasteiger partial charge in [0.2, 0.25) is 0 Å². The Morgan fingerprint density at radius 1 is 1.24 bits per heavy atom. The van der Waals surface area contributed by atoms with Gasteiger partial charge in [-0.2, -0.15) is 13.2 Å². The van der Waals surface area contributed by atoms with E-state index in [0.29, 0.717) is 18.1 Å². The van der Waals surface area contributed by atoms with Crippen LogP contribution >= 0.6 is 11.8 Å². The van der Waals surface area contributed by atoms with Gasteiger partial charge in [-0.15, -0.1) is 11.8 Å². The number of aliphatic hydroxyl groups excluding tert-OH is 1. The molecule has 0 aromatic carbocycles. The van der Waals surface area contributed by atoms with E-state index in [1.165, 1.54) is 0 Å². The number of thioether (sulfide) groups is 1. The van der Waals surface area contributed by atoms with Gasteiger partial charge in [0.05, 0.1) is 32.1 Å². The molecule has 1 rings (SSSR count). The van der Waals surface area contributed by atoms with E-state index in [1.54, 1.807) is 18.0 Å². The van der Waals surface area contributed by atoms with E-state index < -0.39 is 12.8 Å². The zero-order chi connectivity index (χ0) is 15.7. The zero-order valence-corrected chi connectivity index (χ0v) is 12.5. The average molecular weight is 325 g/mol. The zero-order valence-electron chi connectivity index (χ0n) is 11.7. The van der Waals surface area contributed by atoms with Crippen LogP contribution in [0.15, 0.2) is 17.2 Å². The molecule has 1 N–H and O–H groups in total. The minimum Gasteiger partial charge on any atom is -0.390 e. The molecule has 0 aliphatic heterocycles. The van der Waals surface area contributed by atoms with Crippen LogP contribution in [0.3, 0.4) is 0 Å². The Kier molecular flexibility index (Phi) is 8.02. The van der Waals surface area contributed by atoms with Crippen LogP contribution in [0.4, 0.5) is 13.2 Å². The summed E-state index contributed by atoms with van der Waals surface area (Å²) >= 11 is 1.55. The summed E-state index contributed by atoms with van der Waals surface area (Å²) in [5, 5.41) is 9.01. The molecule has 0 atom stereocenters. The predicted octanol–water partition coefficient (Wildman–Crippen LogP) is 2.57. The van der Waals surface area contributed by atoms with E-state index in [4.69, 9.17) is 9.84 Å². The molecule has 1 aromatic rings. The van der Waals surface area contributed by atoms with Crippen molar-refractivity contribution in [1.82, 2.24) is 4.98 Å². The van der Waals surface area contributed by atoms with Crippen LogP contribution in [0.25, 0.3) is 0 Å². The molecular weight excluding hydrogens is 307 g/mol. The molecule has 1 heterocycles. The highest BCUT2D eigenvalue weighted by Crippen LogP contribution is 2.22. The van der Waals surface area contributed by atoms with Crippen molar-refractivity contribution in [2.75, 3.05) is 32.2 Å². The molecule has 1 aromatic heterocycles. The maximum absolute atomic E-state index is 11.8. The molecule has 4 nitrogen and oxygen atoms in total. The highest BCUT2D eigenvalue weighted by atomic mass is 32.2. The van der Waals surface area contributed by atoms with Crippen molar-refractivity contribution < 1.29 is 27.8 Å². The van der Waals surface area contributed by atoms with Crippen molar-refractivity contribution in [3.8, 4) is 0 Å². The third-order valence-electron chi connectivity index (χ3n) is 2.40. The number of halogens is 3. The number of rotatable bonds is 9. The molecule has 0 amide bonds. The molecule has 0 bridgehead atoms. The van der Waals surface area contributed by atoms with E-state index in [2.05, 4.69) is 9.72 Å². The summed E-state index contributed by atoms with van der Waals surface area (Å²) in [7, 11) is 0. The molecule has 8 heteroatoms. The SMILES string of the molecule is Cc1cnc(CO)cc1SCCOCCOCC(F)(F)F. The Morgan fingerprint density at radius 3 is 2.62 bits per heavy atom. The first-order chi connectivity index (χ1) is 9.92. The van der Waals surface area contributed by atoms with Gasteiger partial charge in [0.15, 0.2) is 0 Å². The maximum Gasteiger partial charge on any atom is 0.411 e. The first kappa shape index (κ1) is 18.2. The van der Waals surface area contributed by atoms with E-state index in [-0.39, 0.29) is 19.8 Å². The molecule has 0 radical (unpaired) electrons. The predicted molar refractivity (Wildman–Crippen MR) is 73.3 cm³/mol. The average Bonchev–Trinajstić information content (AvgIpc) is 2.42. The summed E-state index contributed by atoms with van der Waals surface area (Å²) in [6.45, 7) is 1.03. The fraction of sp³-hybridized carbons (Fsp3) is 0.615. The van der Waals surface area contributed by atoms with Gasteiger partial charge in [-0.1, -0.05) is 0 Å². The second-order valence-electron chi connectivity index (χ2n) is 4.23. The summed E-state index contributed by atoms with van der Waals surface area (Å²) in [5.74, 6) is 0.662. The number of ether oxygens (including phenoxy) is 2. The van der Waals surface area contributed by atoms with Crippen molar-refractivity contribution in [3.05, 3.63) is 23.5 Å². The number of nitrogens with zero attached hydrogens (tertiary/aromatic N) is 1. The lowest BCUT2D eigenvalue weighted by atomic mass is 10.3. The van der Waals surface area contributed by atoms with Gasteiger partial charge >= 0.3 is 6.18 Å². The summed E-state index contributed by atoms with van der Waals surface area (Å²) in [6, 6.07) is 1.81. The molecule has 0 aliphatic carbocycles. The number of aliphatic hydroxyl groups is 1. The Morgan fingerprint density at radius 2 is 1.95 bits per heavy atom. The maximum atomic E-state index is 11.8. The molecule has 0 unspecified atom stereocenters. The van der Waals surface area contributed by atoms with Gasteiger partial charge in [0, 0.05) is 16.8 Å². The number of aryl methyl sites for hydroxylation is 1. The Bertz CT molecular complexity index is 430. The number of hydrogen-bond acceptors (Lipinski definition) is 5. The van der Waals surface area contributed by atoms with Crippen LogP contribution in [0.1, 0.15) is 11.3 Å². The number of aromatic nitrogens is 1. The lowest BCUT2D eigenvalue weighted by molar-refractivity contribution is -0.176. The second kappa shape index (κ2) is 9.24. The highest BCUT2D eigenvalue weighted by molar-refractivity contribution is 7.99. The topological polar surface area (TPSA) is 51.6 Å². The van der Waals surface area contributed by atoms with Crippen molar-refractivity contribution >= 4 is 11.8 Å². The van der Waals surface area contributed by atoms with Gasteiger partial charge < -0.3 is 14.6 Å². The standard InChI is InChI=1S/C13H18F3NO3S/c1-10-7-17-11(8-18)6-12(10)21-5-4-19-2-3-20-9-13(14,15)16/h6-7,18H,2-5,8-9H2,1H3. The molecule has 0 saturated carbocycles. The molecule has 21 heavy (non-hydrogen) atoms. The largest absolute Gasteiger partial charge is 0.411 e. The number of hydrogen-bond donors (Lipinski definition) is 1. The van der Waals surface area contributed by atoms with Crippen LogP contribution in [0, 0.1) is 6.92 Å². The smallest absolute Gasteiger partial charge is 0.390 e. The van der Waals surface area contributed by atoms with Crippen LogP contribution in [0.2, 0.25) is 0 Å². The van der Waals surface area contributed by atoms with Crippen LogP contribution in [-0.4, -0.2) is 48.4 Å². The summed E-state index contributed by atoms with van der Waals surface area (Å²) in [6.07, 6.45) is -2.60. The molecule has 120 valence electrons. The Labute approximate surface area is 125 Å². The third-order valence-corrected chi connectivity index (χ3v) is 3.52. The molecule has 0 fully saturated rings. The minimum atomic E-state index is -4.29. The fourth-order valence-corrected chi connectivity index (χ4v) is 2.33. The van der Waals surface area contributed by atoms with Crippen LogP contribution in [0.5, 0.6) is 0 Å². The fourth-order valence-electron chi connectivity index (χ4n) is 1.41. The quantitative estimate of drug-likeness (QED) is 0.559. The second-order valence-corrected chi connectivity index (χ2v) is 5.36. The van der Waals surface area contributed by atoms with Gasteiger partial charge in [0.1, 0.15) is 6.61 Å². The lowest BCUT2D eigenvalue weighted by Crippen LogP contribution is -2.19. The van der Waals surface area contributed by atoms with Crippen molar-refractivity contribution in [3.63, 3.8) is 0 Å². The van der Waals surface area contributed by atoms with E-state index in [1.807, 2.05) is 13.0 Å². The molecule has 0 spiro atoms. The summed E-state index contributed by atoms with van der Waals surface area (Å²) < 4.78 is 45.0. The van der Waals surface area contributed by atoms with Crippen molar-refractivity contribution in [2.45, 2.75) is 24.6 Å². The van der Waals surface area contributed by atoms with E-state index in [0.717, 1.165) is 10.5 Å². The first-order valence-electron chi connectivity index (χ1n) is 6.34. The first-order valence-corrected chi connectivity index (χ1v) is 7.32. The third kappa shape index (κ3) is 8.25. The Balaban J connectivity index is 2.12. The highest BCUT2D eigenvalue weighted by Gasteiger charge is 2.27. The van der Waals surface area contributed by atoms with Gasteiger partial charge in [-0.05, 0) is 18.6 Å². The number of pyridine rings is 1. The van der Waals surface area contributed by atoms with E-state index in [9.17, 15) is 13.2 Å². The monoisotopic (exact) mass is 325 g/mol. The van der Waals surface area contributed by atoms with Crippen LogP contribution < -0.4 is 0 Å². The van der Waals surface area contributed by atoms with Gasteiger partial charge in [-0.3, -0.25) is 4.98 Å². The van der Waals surface area contributed by atoms with Gasteiger partial charge in [-0.25, -0.2) is 0 Å². The van der Waals surface area contributed by atoms with Crippen LogP contribution in [-0.2, 0) is 16.1 Å². The molecule has 0 saturated heterocycles. The molecular formula is C13H18F3NO3S. The van der Waals surface area contributed by atoms with E-state index >= 15 is 0 Å². The Hall–Kier alpha value is -0.830. The summed E-state index contributed by atoms with van der Waals surface area (Å²) in [5.41, 5.74) is 1.61. The van der Waals surface area contributed by atoms with Crippen molar-refractivity contribution in [1.29, 1.82) is 0 Å². The van der Waals surface area contributed by atoms with Crippen molar-refractivity contribution in [2.24, 2.45) is 0 Å². The number of alkyl halides is 3. The normalized spacial score (nSPS) is 11.9. The van der Waals surface area contributed by atoms with Gasteiger partial charge in [0.25, 0.3) is 0 Å². The summed E-state index contributed by atoms with van der Waals surface area (Å²) in [4.78, 5) is 5.06.